The number of nitrogens with zero attached hydrogens (tertiary/aromatic N) is 2. The number of nitrogens with two attached hydrogens (primary N) is 1. The molecule has 1 aliphatic rings. The topological polar surface area (TPSA) is 64.9 Å². The molecule has 3 rings (SSSR count). The molecule has 1 aliphatic carbocycles. The Labute approximate surface area is 131 Å². The Kier molecular flexibility index (Phi) is 4.49. The standard InChI is InChI=1S/C14H14F3N3O.ClH/c15-14(16,17)10-5-3-4-9(8-10)11-19-12(20-21-11)13(18)6-1-2-7-13;/h3-5,8H,1-2,6-7,18H2;1H. The lowest BCUT2D eigenvalue weighted by Crippen LogP contribution is -2.34. The van der Waals surface area contributed by atoms with E-state index >= 15 is 0 Å². The van der Waals surface area contributed by atoms with E-state index in [1.807, 2.05) is 0 Å². The summed E-state index contributed by atoms with van der Waals surface area (Å²) in [4.78, 5) is 4.19. The maximum Gasteiger partial charge on any atom is 0.416 e. The van der Waals surface area contributed by atoms with Crippen LogP contribution in [0.15, 0.2) is 28.8 Å². The molecule has 2 N–H and O–H groups in total. The van der Waals surface area contributed by atoms with Crippen LogP contribution < -0.4 is 5.73 Å². The lowest BCUT2D eigenvalue weighted by atomic mass is 9.98. The maximum absolute atomic E-state index is 12.7. The zero-order valence-electron chi connectivity index (χ0n) is 11.6. The lowest BCUT2D eigenvalue weighted by molar-refractivity contribution is -0.137. The molecule has 0 radical (unpaired) electrons. The van der Waals surface area contributed by atoms with E-state index in [1.54, 1.807) is 0 Å². The van der Waals surface area contributed by atoms with Gasteiger partial charge in [-0.2, -0.15) is 18.2 Å². The van der Waals surface area contributed by atoms with Gasteiger partial charge in [0.05, 0.1) is 11.1 Å². The van der Waals surface area contributed by atoms with E-state index in [9.17, 15) is 13.2 Å². The van der Waals surface area contributed by atoms with Gasteiger partial charge in [-0.3, -0.25) is 0 Å². The molecule has 1 fully saturated rings. The minimum absolute atomic E-state index is 0. The molecule has 0 amide bonds. The van der Waals surface area contributed by atoms with Gasteiger partial charge in [0.2, 0.25) is 0 Å². The zero-order valence-corrected chi connectivity index (χ0v) is 12.4. The SMILES string of the molecule is Cl.NC1(c2noc(-c3cccc(C(F)(F)F)c3)n2)CCCC1. The van der Waals surface area contributed by atoms with Crippen LogP contribution in [0.1, 0.15) is 37.1 Å². The highest BCUT2D eigenvalue weighted by Crippen LogP contribution is 2.36. The minimum atomic E-state index is -4.40. The van der Waals surface area contributed by atoms with Crippen molar-refractivity contribution in [2.75, 3.05) is 0 Å². The van der Waals surface area contributed by atoms with E-state index < -0.39 is 17.3 Å². The molecule has 8 heteroatoms. The van der Waals surface area contributed by atoms with Crippen LogP contribution in [0.5, 0.6) is 0 Å². The van der Waals surface area contributed by atoms with E-state index in [0.717, 1.165) is 37.8 Å². The second-order valence-electron chi connectivity index (χ2n) is 5.36. The predicted molar refractivity (Wildman–Crippen MR) is 76.3 cm³/mol. The molecule has 0 spiro atoms. The Balaban J connectivity index is 0.00000176. The molecule has 2 aromatic rings. The van der Waals surface area contributed by atoms with Crippen molar-refractivity contribution >= 4 is 12.4 Å². The highest BCUT2D eigenvalue weighted by atomic mass is 35.5. The average molecular weight is 334 g/mol. The number of benzene rings is 1. The average Bonchev–Trinajstić information content (AvgIpc) is 3.07. The summed E-state index contributed by atoms with van der Waals surface area (Å²) in [6.07, 6.45) is -0.906. The normalized spacial score (nSPS) is 17.3. The van der Waals surface area contributed by atoms with Gasteiger partial charge < -0.3 is 10.3 Å². The first-order valence-corrected chi connectivity index (χ1v) is 6.69. The van der Waals surface area contributed by atoms with Gasteiger partial charge in [-0.25, -0.2) is 0 Å². The Morgan fingerprint density at radius 1 is 1.18 bits per heavy atom. The third kappa shape index (κ3) is 3.10. The Morgan fingerprint density at radius 3 is 2.50 bits per heavy atom. The molecule has 1 aromatic carbocycles. The van der Waals surface area contributed by atoms with E-state index in [1.165, 1.54) is 12.1 Å². The molecule has 22 heavy (non-hydrogen) atoms. The van der Waals surface area contributed by atoms with Crippen molar-refractivity contribution in [1.29, 1.82) is 0 Å². The van der Waals surface area contributed by atoms with Crippen molar-refractivity contribution in [3.63, 3.8) is 0 Å². The largest absolute Gasteiger partial charge is 0.416 e. The van der Waals surface area contributed by atoms with E-state index in [0.29, 0.717) is 5.82 Å². The summed E-state index contributed by atoms with van der Waals surface area (Å²) >= 11 is 0. The highest BCUT2D eigenvalue weighted by Gasteiger charge is 2.36. The molecule has 0 bridgehead atoms. The number of alkyl halides is 3. The quantitative estimate of drug-likeness (QED) is 0.905. The van der Waals surface area contributed by atoms with E-state index in [2.05, 4.69) is 10.1 Å². The monoisotopic (exact) mass is 333 g/mol. The first kappa shape index (κ1) is 16.8. The maximum atomic E-state index is 12.7. The summed E-state index contributed by atoms with van der Waals surface area (Å²) in [5.74, 6) is 0.431. The molecular formula is C14H15ClF3N3O. The number of halogens is 4. The van der Waals surface area contributed by atoms with Crippen molar-refractivity contribution in [3.8, 4) is 11.5 Å². The summed E-state index contributed by atoms with van der Waals surface area (Å²) in [5.41, 5.74) is 5.08. The van der Waals surface area contributed by atoms with Gasteiger partial charge in [0, 0.05) is 5.56 Å². The number of hydrogen-bond acceptors (Lipinski definition) is 4. The molecule has 0 saturated heterocycles. The van der Waals surface area contributed by atoms with Crippen LogP contribution in [0, 0.1) is 0 Å². The number of hydrogen-bond donors (Lipinski definition) is 1. The molecule has 1 saturated carbocycles. The highest BCUT2D eigenvalue weighted by molar-refractivity contribution is 5.85. The number of rotatable bonds is 2. The van der Waals surface area contributed by atoms with Crippen molar-refractivity contribution in [2.45, 2.75) is 37.4 Å². The molecule has 120 valence electrons. The van der Waals surface area contributed by atoms with Crippen molar-refractivity contribution in [1.82, 2.24) is 10.1 Å². The Hall–Kier alpha value is -1.60. The third-order valence-electron chi connectivity index (χ3n) is 3.80. The summed E-state index contributed by atoms with van der Waals surface area (Å²) in [6.45, 7) is 0. The van der Waals surface area contributed by atoms with Gasteiger partial charge in [0.1, 0.15) is 0 Å². The van der Waals surface area contributed by atoms with Crippen LogP contribution >= 0.6 is 12.4 Å². The molecule has 1 heterocycles. The fourth-order valence-electron chi connectivity index (χ4n) is 2.60. The summed E-state index contributed by atoms with van der Waals surface area (Å²) in [6, 6.07) is 4.82. The van der Waals surface area contributed by atoms with Crippen molar-refractivity contribution in [2.24, 2.45) is 5.73 Å². The molecular weight excluding hydrogens is 319 g/mol. The van der Waals surface area contributed by atoms with Crippen LogP contribution in [-0.2, 0) is 11.7 Å². The molecule has 0 aliphatic heterocycles. The fourth-order valence-corrected chi connectivity index (χ4v) is 2.60. The second kappa shape index (κ2) is 5.89. The van der Waals surface area contributed by atoms with Gasteiger partial charge in [0.15, 0.2) is 5.82 Å². The van der Waals surface area contributed by atoms with Crippen LogP contribution in [-0.4, -0.2) is 10.1 Å². The van der Waals surface area contributed by atoms with Crippen LogP contribution in [0.2, 0.25) is 0 Å². The Morgan fingerprint density at radius 2 is 1.86 bits per heavy atom. The fraction of sp³-hybridized carbons (Fsp3) is 0.429. The first-order valence-electron chi connectivity index (χ1n) is 6.69. The smallest absolute Gasteiger partial charge is 0.334 e. The van der Waals surface area contributed by atoms with Crippen LogP contribution in [0.25, 0.3) is 11.5 Å². The molecule has 4 nitrogen and oxygen atoms in total. The summed E-state index contributed by atoms with van der Waals surface area (Å²) < 4.78 is 43.2. The zero-order chi connectivity index (χ0) is 15.1. The lowest BCUT2D eigenvalue weighted by Gasteiger charge is -2.17. The van der Waals surface area contributed by atoms with E-state index in [-0.39, 0.29) is 23.9 Å². The minimum Gasteiger partial charge on any atom is -0.334 e. The second-order valence-corrected chi connectivity index (χ2v) is 5.36. The number of aromatic nitrogens is 2. The summed E-state index contributed by atoms with van der Waals surface area (Å²) in [5, 5.41) is 3.85. The van der Waals surface area contributed by atoms with Gasteiger partial charge in [-0.05, 0) is 31.0 Å². The van der Waals surface area contributed by atoms with E-state index in [4.69, 9.17) is 10.3 Å². The first-order chi connectivity index (χ1) is 9.88. The predicted octanol–water partition coefficient (Wildman–Crippen LogP) is 3.91. The van der Waals surface area contributed by atoms with Gasteiger partial charge in [-0.1, -0.05) is 24.1 Å². The molecule has 0 unspecified atom stereocenters. The van der Waals surface area contributed by atoms with Crippen LogP contribution in [0.3, 0.4) is 0 Å². The van der Waals surface area contributed by atoms with Gasteiger partial charge >= 0.3 is 6.18 Å². The third-order valence-corrected chi connectivity index (χ3v) is 3.80. The van der Waals surface area contributed by atoms with Gasteiger partial charge in [-0.15, -0.1) is 12.4 Å². The molecule has 1 aromatic heterocycles. The van der Waals surface area contributed by atoms with Crippen LogP contribution in [0.4, 0.5) is 13.2 Å². The molecule has 0 atom stereocenters. The van der Waals surface area contributed by atoms with Crippen molar-refractivity contribution < 1.29 is 17.7 Å². The van der Waals surface area contributed by atoms with Gasteiger partial charge in [0.25, 0.3) is 5.89 Å². The summed E-state index contributed by atoms with van der Waals surface area (Å²) in [7, 11) is 0. The Bertz CT molecular complexity index is 651. The van der Waals surface area contributed by atoms with Crippen molar-refractivity contribution in [3.05, 3.63) is 35.7 Å².